The van der Waals surface area contributed by atoms with Crippen LogP contribution in [0, 0.1) is 11.8 Å². The van der Waals surface area contributed by atoms with Crippen molar-refractivity contribution >= 4 is 11.0 Å². The fourth-order valence-corrected chi connectivity index (χ4v) is 3.41. The van der Waals surface area contributed by atoms with E-state index in [4.69, 9.17) is 13.9 Å². The largest absolute Gasteiger partial charge is 0.454 e. The molecule has 0 saturated carbocycles. The highest BCUT2D eigenvalue weighted by molar-refractivity contribution is 5.84. The molecule has 0 saturated heterocycles. The first-order valence-corrected chi connectivity index (χ1v) is 8.62. The Kier molecular flexibility index (Phi) is 4.81. The van der Waals surface area contributed by atoms with Crippen molar-refractivity contribution in [1.82, 2.24) is 0 Å². The SMILES string of the molecule is CC(C)C[NH+](Cc1cc(=O)oc2cc3c(cc12)OCO3)CC(C)C. The highest BCUT2D eigenvalue weighted by Gasteiger charge is 2.20. The number of quaternary nitrogens is 1. The second-order valence-corrected chi connectivity index (χ2v) is 7.42. The molecule has 0 bridgehead atoms. The van der Waals surface area contributed by atoms with Gasteiger partial charge < -0.3 is 18.8 Å². The van der Waals surface area contributed by atoms with Crippen molar-refractivity contribution < 1.29 is 18.8 Å². The number of hydrogen-bond donors (Lipinski definition) is 1. The van der Waals surface area contributed by atoms with Crippen LogP contribution < -0.4 is 20.0 Å². The molecular formula is C19H26NO4+. The van der Waals surface area contributed by atoms with Crippen molar-refractivity contribution in [2.45, 2.75) is 34.2 Å². The first kappa shape index (κ1) is 16.8. The van der Waals surface area contributed by atoms with Gasteiger partial charge in [0, 0.05) is 34.9 Å². The number of benzene rings is 1. The second-order valence-electron chi connectivity index (χ2n) is 7.42. The predicted octanol–water partition coefficient (Wildman–Crippen LogP) is 2.22. The molecule has 1 aliphatic rings. The lowest BCUT2D eigenvalue weighted by Gasteiger charge is -2.23. The lowest BCUT2D eigenvalue weighted by atomic mass is 10.1. The minimum absolute atomic E-state index is 0.212. The molecule has 2 heterocycles. The molecule has 3 rings (SSSR count). The topological polar surface area (TPSA) is 53.1 Å². The molecule has 0 spiro atoms. The van der Waals surface area contributed by atoms with Gasteiger partial charge >= 0.3 is 5.63 Å². The van der Waals surface area contributed by atoms with Gasteiger partial charge in [-0.1, -0.05) is 27.7 Å². The van der Waals surface area contributed by atoms with E-state index in [-0.39, 0.29) is 12.4 Å². The van der Waals surface area contributed by atoms with Gasteiger partial charge in [0.1, 0.15) is 12.1 Å². The van der Waals surface area contributed by atoms with Gasteiger partial charge in [0.25, 0.3) is 0 Å². The maximum absolute atomic E-state index is 12.0. The predicted molar refractivity (Wildman–Crippen MR) is 92.7 cm³/mol. The smallest absolute Gasteiger partial charge is 0.336 e. The van der Waals surface area contributed by atoms with Crippen LogP contribution in [0.3, 0.4) is 0 Å². The molecule has 0 radical (unpaired) electrons. The van der Waals surface area contributed by atoms with Gasteiger partial charge in [-0.05, 0) is 6.07 Å². The van der Waals surface area contributed by atoms with E-state index in [0.717, 1.165) is 30.6 Å². The summed E-state index contributed by atoms with van der Waals surface area (Å²) in [7, 11) is 0. The minimum Gasteiger partial charge on any atom is -0.454 e. The first-order valence-electron chi connectivity index (χ1n) is 8.62. The Hall–Kier alpha value is -2.01. The third kappa shape index (κ3) is 3.73. The Morgan fingerprint density at radius 3 is 2.25 bits per heavy atom. The zero-order valence-electron chi connectivity index (χ0n) is 14.8. The van der Waals surface area contributed by atoms with Gasteiger partial charge in [-0.25, -0.2) is 4.79 Å². The molecule has 1 aliphatic heterocycles. The molecule has 0 fully saturated rings. The van der Waals surface area contributed by atoms with Crippen LogP contribution in [0.2, 0.25) is 0 Å². The van der Waals surface area contributed by atoms with Crippen LogP contribution in [-0.4, -0.2) is 19.9 Å². The molecule has 1 N–H and O–H groups in total. The summed E-state index contributed by atoms with van der Waals surface area (Å²) in [6.07, 6.45) is 0. The molecule has 5 nitrogen and oxygen atoms in total. The van der Waals surface area contributed by atoms with Crippen molar-refractivity contribution in [3.05, 3.63) is 34.2 Å². The number of nitrogens with one attached hydrogen (secondary N) is 1. The van der Waals surface area contributed by atoms with Gasteiger partial charge in [-0.2, -0.15) is 0 Å². The van der Waals surface area contributed by atoms with Crippen LogP contribution in [-0.2, 0) is 6.54 Å². The number of fused-ring (bicyclic) bond motifs is 2. The van der Waals surface area contributed by atoms with Crippen LogP contribution in [0.5, 0.6) is 11.5 Å². The molecule has 5 heteroatoms. The van der Waals surface area contributed by atoms with E-state index in [2.05, 4.69) is 27.7 Å². The summed E-state index contributed by atoms with van der Waals surface area (Å²) in [5.41, 5.74) is 1.26. The summed E-state index contributed by atoms with van der Waals surface area (Å²) >= 11 is 0. The Bertz CT molecular complexity index is 769. The highest BCUT2D eigenvalue weighted by Crippen LogP contribution is 2.36. The van der Waals surface area contributed by atoms with Crippen LogP contribution in [0.1, 0.15) is 33.3 Å². The number of ether oxygens (including phenoxy) is 2. The quantitative estimate of drug-likeness (QED) is 0.824. The molecule has 2 aromatic rings. The summed E-state index contributed by atoms with van der Waals surface area (Å²) in [6, 6.07) is 5.30. The van der Waals surface area contributed by atoms with Gasteiger partial charge in [-0.3, -0.25) is 0 Å². The van der Waals surface area contributed by atoms with Crippen molar-refractivity contribution in [2.75, 3.05) is 19.9 Å². The zero-order chi connectivity index (χ0) is 17.3. The zero-order valence-corrected chi connectivity index (χ0v) is 14.8. The highest BCUT2D eigenvalue weighted by atomic mass is 16.7. The normalized spacial score (nSPS) is 13.6. The summed E-state index contributed by atoms with van der Waals surface area (Å²) in [6.45, 7) is 12.1. The maximum Gasteiger partial charge on any atom is 0.336 e. The van der Waals surface area contributed by atoms with Gasteiger partial charge in [0.05, 0.1) is 13.1 Å². The molecule has 0 atom stereocenters. The fourth-order valence-electron chi connectivity index (χ4n) is 3.41. The Labute approximate surface area is 142 Å². The van der Waals surface area contributed by atoms with E-state index in [9.17, 15) is 4.79 Å². The minimum atomic E-state index is -0.315. The lowest BCUT2D eigenvalue weighted by molar-refractivity contribution is -0.919. The molecule has 24 heavy (non-hydrogen) atoms. The molecule has 0 unspecified atom stereocenters. The maximum atomic E-state index is 12.0. The van der Waals surface area contributed by atoms with Crippen molar-refractivity contribution in [2.24, 2.45) is 11.8 Å². The Balaban J connectivity index is 1.99. The molecule has 0 amide bonds. The molecule has 1 aromatic heterocycles. The monoisotopic (exact) mass is 332 g/mol. The van der Waals surface area contributed by atoms with Gasteiger partial charge in [0.2, 0.25) is 6.79 Å². The van der Waals surface area contributed by atoms with E-state index >= 15 is 0 Å². The third-order valence-electron chi connectivity index (χ3n) is 4.16. The number of rotatable bonds is 6. The van der Waals surface area contributed by atoms with E-state index in [0.29, 0.717) is 28.9 Å². The molecular weight excluding hydrogens is 306 g/mol. The van der Waals surface area contributed by atoms with E-state index < -0.39 is 0 Å². The summed E-state index contributed by atoms with van der Waals surface area (Å²) in [4.78, 5) is 13.5. The standard InChI is InChI=1S/C19H25NO4/c1-12(2)8-20(9-13(3)4)10-14-5-19(21)24-16-7-18-17(6-15(14)16)22-11-23-18/h5-7,12-13H,8-11H2,1-4H3/p+1. The summed E-state index contributed by atoms with van der Waals surface area (Å²) in [5, 5.41) is 0.934. The van der Waals surface area contributed by atoms with E-state index in [1.807, 2.05) is 6.07 Å². The van der Waals surface area contributed by atoms with Crippen LogP contribution in [0.25, 0.3) is 11.0 Å². The van der Waals surface area contributed by atoms with Gasteiger partial charge in [-0.15, -0.1) is 0 Å². The van der Waals surface area contributed by atoms with Crippen LogP contribution in [0.15, 0.2) is 27.4 Å². The number of hydrogen-bond acceptors (Lipinski definition) is 4. The molecule has 1 aromatic carbocycles. The Morgan fingerprint density at radius 1 is 1.00 bits per heavy atom. The van der Waals surface area contributed by atoms with Crippen LogP contribution in [0.4, 0.5) is 0 Å². The van der Waals surface area contributed by atoms with Crippen molar-refractivity contribution in [3.63, 3.8) is 0 Å². The van der Waals surface area contributed by atoms with Gasteiger partial charge in [0.15, 0.2) is 11.5 Å². The average molecular weight is 332 g/mol. The fraction of sp³-hybridized carbons (Fsp3) is 0.526. The van der Waals surface area contributed by atoms with Crippen molar-refractivity contribution in [1.29, 1.82) is 0 Å². The van der Waals surface area contributed by atoms with Crippen molar-refractivity contribution in [3.8, 4) is 11.5 Å². The van der Waals surface area contributed by atoms with Crippen LogP contribution >= 0.6 is 0 Å². The van der Waals surface area contributed by atoms with E-state index in [1.165, 1.54) is 4.90 Å². The summed E-state index contributed by atoms with van der Waals surface area (Å²) in [5.74, 6) is 2.56. The first-order chi connectivity index (χ1) is 11.4. The molecule has 130 valence electrons. The second kappa shape index (κ2) is 6.85. The third-order valence-corrected chi connectivity index (χ3v) is 4.16. The summed E-state index contributed by atoms with van der Waals surface area (Å²) < 4.78 is 16.2. The van der Waals surface area contributed by atoms with E-state index in [1.54, 1.807) is 12.1 Å². The Morgan fingerprint density at radius 2 is 1.62 bits per heavy atom. The lowest BCUT2D eigenvalue weighted by Crippen LogP contribution is -3.11. The molecule has 0 aliphatic carbocycles. The average Bonchev–Trinajstić information content (AvgIpc) is 2.90.